The van der Waals surface area contributed by atoms with Crippen molar-refractivity contribution in [1.29, 1.82) is 0 Å². The topological polar surface area (TPSA) is 98.9 Å². The van der Waals surface area contributed by atoms with E-state index in [1.54, 1.807) is 19.2 Å². The van der Waals surface area contributed by atoms with Gasteiger partial charge in [0.2, 0.25) is 0 Å². The summed E-state index contributed by atoms with van der Waals surface area (Å²) in [6.07, 6.45) is 0. The van der Waals surface area contributed by atoms with E-state index in [9.17, 15) is 14.4 Å². The first kappa shape index (κ1) is 20.0. The maximum absolute atomic E-state index is 12.1. The van der Waals surface area contributed by atoms with Crippen molar-refractivity contribution in [1.82, 2.24) is 4.90 Å². The Labute approximate surface area is 157 Å². The monoisotopic (exact) mass is 370 g/mol. The van der Waals surface area contributed by atoms with E-state index in [4.69, 9.17) is 15.2 Å². The molecule has 0 heterocycles. The van der Waals surface area contributed by atoms with E-state index in [-0.39, 0.29) is 23.8 Å². The van der Waals surface area contributed by atoms with Gasteiger partial charge in [0.15, 0.2) is 13.2 Å². The van der Waals surface area contributed by atoms with Crippen molar-refractivity contribution in [2.45, 2.75) is 13.5 Å². The molecule has 0 aromatic heterocycles. The Balaban J connectivity index is 1.78. The number of ether oxygens (including phenoxy) is 2. The fraction of sp³-hybridized carbons (Fsp3) is 0.250. The Bertz CT molecular complexity index is 817. The summed E-state index contributed by atoms with van der Waals surface area (Å²) < 4.78 is 10.2. The molecular weight excluding hydrogens is 348 g/mol. The third-order valence-electron chi connectivity index (χ3n) is 3.82. The Kier molecular flexibility index (Phi) is 6.93. The van der Waals surface area contributed by atoms with E-state index >= 15 is 0 Å². The van der Waals surface area contributed by atoms with Crippen LogP contribution in [0.1, 0.15) is 21.5 Å². The summed E-state index contributed by atoms with van der Waals surface area (Å²) in [6, 6.07) is 14.1. The Morgan fingerprint density at radius 2 is 1.67 bits per heavy atom. The smallest absolute Gasteiger partial charge is 0.344 e. The molecule has 0 radical (unpaired) electrons. The van der Waals surface area contributed by atoms with Gasteiger partial charge in [-0.1, -0.05) is 42.0 Å². The maximum atomic E-state index is 12.1. The number of hydrogen-bond donors (Lipinski definition) is 1. The van der Waals surface area contributed by atoms with Gasteiger partial charge in [-0.2, -0.15) is 0 Å². The van der Waals surface area contributed by atoms with Crippen molar-refractivity contribution < 1.29 is 23.9 Å². The number of carbonyl (C=O) groups excluding carboxylic acids is 3. The van der Waals surface area contributed by atoms with E-state index < -0.39 is 18.5 Å². The molecule has 0 fully saturated rings. The van der Waals surface area contributed by atoms with Crippen LogP contribution in [0.3, 0.4) is 0 Å². The van der Waals surface area contributed by atoms with Gasteiger partial charge in [-0.25, -0.2) is 4.79 Å². The Morgan fingerprint density at radius 3 is 2.33 bits per heavy atom. The number of hydrogen-bond acceptors (Lipinski definition) is 5. The van der Waals surface area contributed by atoms with Crippen LogP contribution in [-0.2, 0) is 20.9 Å². The minimum Gasteiger partial charge on any atom is -0.481 e. The highest BCUT2D eigenvalue weighted by Crippen LogP contribution is 2.17. The van der Waals surface area contributed by atoms with Crippen LogP contribution in [0.15, 0.2) is 48.5 Å². The first-order chi connectivity index (χ1) is 12.9. The molecule has 0 atom stereocenters. The van der Waals surface area contributed by atoms with Crippen LogP contribution in [0.5, 0.6) is 5.75 Å². The second kappa shape index (κ2) is 9.38. The van der Waals surface area contributed by atoms with Gasteiger partial charge in [0.1, 0.15) is 5.75 Å². The first-order valence-corrected chi connectivity index (χ1v) is 8.33. The largest absolute Gasteiger partial charge is 0.481 e. The van der Waals surface area contributed by atoms with Crippen LogP contribution in [0.25, 0.3) is 0 Å². The summed E-state index contributed by atoms with van der Waals surface area (Å²) >= 11 is 0. The fourth-order valence-electron chi connectivity index (χ4n) is 2.28. The molecule has 7 nitrogen and oxygen atoms in total. The normalized spacial score (nSPS) is 10.1. The second-order valence-corrected chi connectivity index (χ2v) is 6.05. The van der Waals surface area contributed by atoms with Crippen LogP contribution in [0.4, 0.5) is 0 Å². The summed E-state index contributed by atoms with van der Waals surface area (Å²) in [6.45, 7) is 1.59. The molecule has 0 aliphatic heterocycles. The van der Waals surface area contributed by atoms with E-state index in [2.05, 4.69) is 0 Å². The third kappa shape index (κ3) is 6.14. The SMILES string of the molecule is Cc1ccc(CN(C)C(=O)COC(=O)COc2ccccc2C(N)=O)cc1. The van der Waals surface area contributed by atoms with Gasteiger partial charge in [0, 0.05) is 13.6 Å². The van der Waals surface area contributed by atoms with Crippen LogP contribution in [-0.4, -0.2) is 42.9 Å². The van der Waals surface area contributed by atoms with Crippen molar-refractivity contribution in [3.05, 3.63) is 65.2 Å². The van der Waals surface area contributed by atoms with Gasteiger partial charge in [0.25, 0.3) is 11.8 Å². The predicted molar refractivity (Wildman–Crippen MR) is 99.1 cm³/mol. The lowest BCUT2D eigenvalue weighted by Gasteiger charge is -2.17. The molecule has 0 aliphatic carbocycles. The Morgan fingerprint density at radius 1 is 1.00 bits per heavy atom. The zero-order valence-corrected chi connectivity index (χ0v) is 15.3. The van der Waals surface area contributed by atoms with Crippen molar-refractivity contribution in [2.75, 3.05) is 20.3 Å². The van der Waals surface area contributed by atoms with E-state index in [1.165, 1.54) is 17.0 Å². The lowest BCUT2D eigenvalue weighted by Crippen LogP contribution is -2.31. The summed E-state index contributed by atoms with van der Waals surface area (Å²) in [5.41, 5.74) is 7.52. The van der Waals surface area contributed by atoms with Gasteiger partial charge < -0.3 is 20.1 Å². The number of esters is 1. The van der Waals surface area contributed by atoms with E-state index in [1.807, 2.05) is 31.2 Å². The molecule has 0 saturated heterocycles. The van der Waals surface area contributed by atoms with Crippen molar-refractivity contribution in [3.63, 3.8) is 0 Å². The number of para-hydroxylation sites is 1. The fourth-order valence-corrected chi connectivity index (χ4v) is 2.28. The number of likely N-dealkylation sites (N-methyl/N-ethyl adjacent to an activating group) is 1. The molecule has 2 aromatic carbocycles. The number of nitrogens with two attached hydrogens (primary N) is 1. The zero-order chi connectivity index (χ0) is 19.8. The number of amides is 2. The van der Waals surface area contributed by atoms with Crippen LogP contribution in [0.2, 0.25) is 0 Å². The van der Waals surface area contributed by atoms with Crippen molar-refractivity contribution in [3.8, 4) is 5.75 Å². The molecule has 27 heavy (non-hydrogen) atoms. The average molecular weight is 370 g/mol. The number of nitrogens with zero attached hydrogens (tertiary/aromatic N) is 1. The van der Waals surface area contributed by atoms with Gasteiger partial charge in [0.05, 0.1) is 5.56 Å². The maximum Gasteiger partial charge on any atom is 0.344 e. The second-order valence-electron chi connectivity index (χ2n) is 6.05. The van der Waals surface area contributed by atoms with Crippen LogP contribution < -0.4 is 10.5 Å². The quantitative estimate of drug-likeness (QED) is 0.713. The molecule has 2 rings (SSSR count). The van der Waals surface area contributed by atoms with Gasteiger partial charge >= 0.3 is 5.97 Å². The van der Waals surface area contributed by atoms with E-state index in [0.717, 1.165) is 11.1 Å². The number of primary amides is 1. The summed E-state index contributed by atoms with van der Waals surface area (Å²) in [4.78, 5) is 36.6. The third-order valence-corrected chi connectivity index (χ3v) is 3.82. The molecule has 0 unspecified atom stereocenters. The van der Waals surface area contributed by atoms with Gasteiger partial charge in [-0.05, 0) is 24.6 Å². The lowest BCUT2D eigenvalue weighted by atomic mass is 10.1. The average Bonchev–Trinajstić information content (AvgIpc) is 2.66. The van der Waals surface area contributed by atoms with Crippen LogP contribution in [0, 0.1) is 6.92 Å². The minimum absolute atomic E-state index is 0.166. The van der Waals surface area contributed by atoms with Crippen LogP contribution >= 0.6 is 0 Å². The van der Waals surface area contributed by atoms with Crippen molar-refractivity contribution in [2.24, 2.45) is 5.73 Å². The van der Waals surface area contributed by atoms with Gasteiger partial charge in [-0.15, -0.1) is 0 Å². The highest BCUT2D eigenvalue weighted by Gasteiger charge is 2.14. The van der Waals surface area contributed by atoms with Gasteiger partial charge in [-0.3, -0.25) is 9.59 Å². The molecule has 2 N–H and O–H groups in total. The zero-order valence-electron chi connectivity index (χ0n) is 15.3. The highest BCUT2D eigenvalue weighted by molar-refractivity contribution is 5.95. The standard InChI is InChI=1S/C20H22N2O5/c1-14-7-9-15(10-8-14)11-22(2)18(23)12-27-19(24)13-26-17-6-4-3-5-16(17)20(21)25/h3-10H,11-13H2,1-2H3,(H2,21,25). The number of rotatable bonds is 8. The Hall–Kier alpha value is -3.35. The molecule has 7 heteroatoms. The summed E-state index contributed by atoms with van der Waals surface area (Å²) in [5.74, 6) is -1.52. The molecule has 0 spiro atoms. The number of benzene rings is 2. The van der Waals surface area contributed by atoms with Crippen molar-refractivity contribution >= 4 is 17.8 Å². The number of aryl methyl sites for hydroxylation is 1. The molecule has 2 aromatic rings. The number of carbonyl (C=O) groups is 3. The molecule has 142 valence electrons. The highest BCUT2D eigenvalue weighted by atomic mass is 16.6. The molecule has 0 saturated carbocycles. The minimum atomic E-state index is -0.716. The summed E-state index contributed by atoms with van der Waals surface area (Å²) in [7, 11) is 1.63. The molecule has 0 bridgehead atoms. The molecule has 2 amide bonds. The molecule has 0 aliphatic rings. The first-order valence-electron chi connectivity index (χ1n) is 8.33. The predicted octanol–water partition coefficient (Wildman–Crippen LogP) is 1.67. The summed E-state index contributed by atoms with van der Waals surface area (Å²) in [5, 5.41) is 0. The van der Waals surface area contributed by atoms with E-state index in [0.29, 0.717) is 6.54 Å². The lowest BCUT2D eigenvalue weighted by molar-refractivity contribution is -0.153. The molecular formula is C20H22N2O5.